The molecule has 0 spiro atoms. The first-order valence-corrected chi connectivity index (χ1v) is 12.6. The van der Waals surface area contributed by atoms with E-state index in [1.165, 1.54) is 3.57 Å². The predicted molar refractivity (Wildman–Crippen MR) is 84.7 cm³/mol. The predicted octanol–water partition coefficient (Wildman–Crippen LogP) is 4.08. The zero-order valence-corrected chi connectivity index (χ0v) is 13.6. The van der Waals surface area contributed by atoms with Gasteiger partial charge in [-0.15, -0.1) is 0 Å². The van der Waals surface area contributed by atoms with E-state index in [4.69, 9.17) is 9.47 Å². The molecule has 2 aromatic carbocycles. The molecule has 3 rings (SSSR count). The van der Waals surface area contributed by atoms with Gasteiger partial charge in [-0.3, -0.25) is 0 Å². The van der Waals surface area contributed by atoms with E-state index >= 15 is 0 Å². The summed E-state index contributed by atoms with van der Waals surface area (Å²) >= 11 is 2.04. The minimum absolute atomic E-state index is 0.221. The van der Waals surface area contributed by atoms with Gasteiger partial charge < -0.3 is 0 Å². The third kappa shape index (κ3) is 2.49. The third-order valence-corrected chi connectivity index (χ3v) is 11.0. The Labute approximate surface area is 124 Å². The van der Waals surface area contributed by atoms with Gasteiger partial charge in [0.15, 0.2) is 0 Å². The van der Waals surface area contributed by atoms with Crippen LogP contribution in [0.15, 0.2) is 42.5 Å². The van der Waals surface area contributed by atoms with Gasteiger partial charge in [-0.2, -0.15) is 0 Å². The summed E-state index contributed by atoms with van der Waals surface area (Å²) in [4.78, 5) is 11.3. The van der Waals surface area contributed by atoms with Gasteiger partial charge in [0.05, 0.1) is 0 Å². The SMILES string of the molecule is O=Cc1cc2c(cc1I(Br)c1ccccc1)OCO2. The minimum atomic E-state index is -1.76. The van der Waals surface area contributed by atoms with Crippen molar-refractivity contribution in [3.8, 4) is 11.5 Å². The molecule has 0 aromatic heterocycles. The van der Waals surface area contributed by atoms with Crippen LogP contribution >= 0.6 is 30.3 Å². The monoisotopic (exact) mass is 432 g/mol. The molecule has 0 saturated heterocycles. The number of carbonyl (C=O) groups is 1. The Morgan fingerprint density at radius 3 is 2.47 bits per heavy atom. The van der Waals surface area contributed by atoms with Gasteiger partial charge in [0.25, 0.3) is 0 Å². The van der Waals surface area contributed by atoms with Crippen molar-refractivity contribution in [3.05, 3.63) is 55.2 Å². The van der Waals surface area contributed by atoms with Gasteiger partial charge in [0.2, 0.25) is 0 Å². The van der Waals surface area contributed by atoms with Crippen LogP contribution in [0.4, 0.5) is 0 Å². The van der Waals surface area contributed by atoms with Gasteiger partial charge in [-0.25, -0.2) is 0 Å². The van der Waals surface area contributed by atoms with Crippen molar-refractivity contribution in [1.29, 1.82) is 0 Å². The summed E-state index contributed by atoms with van der Waals surface area (Å²) in [6.45, 7) is 0.221. The molecule has 0 saturated carbocycles. The number of hydrogen-bond donors (Lipinski definition) is 0. The van der Waals surface area contributed by atoms with Gasteiger partial charge >= 0.3 is 124 Å². The van der Waals surface area contributed by atoms with Crippen LogP contribution in [0, 0.1) is 7.14 Å². The summed E-state index contributed by atoms with van der Waals surface area (Å²) in [5.41, 5.74) is 0.676. The fourth-order valence-corrected chi connectivity index (χ4v) is 7.99. The number of hydrogen-bond acceptors (Lipinski definition) is 3. The Morgan fingerprint density at radius 2 is 1.79 bits per heavy atom. The van der Waals surface area contributed by atoms with Crippen molar-refractivity contribution in [3.63, 3.8) is 0 Å². The van der Waals surface area contributed by atoms with E-state index in [1.54, 1.807) is 6.07 Å². The van der Waals surface area contributed by atoms with Gasteiger partial charge in [0, 0.05) is 0 Å². The van der Waals surface area contributed by atoms with Crippen molar-refractivity contribution in [2.45, 2.75) is 0 Å². The van der Waals surface area contributed by atoms with Crippen LogP contribution in [0.5, 0.6) is 11.5 Å². The van der Waals surface area contributed by atoms with Crippen LogP contribution in [-0.2, 0) is 0 Å². The molecule has 3 nitrogen and oxygen atoms in total. The standard InChI is InChI=1S/C14H10BrIO3/c15-16(11-4-2-1-3-5-11)12-7-14-13(18-9-19-14)6-10(12)8-17/h1-8H,9H2. The molecule has 5 heteroatoms. The number of aldehydes is 1. The fraction of sp³-hybridized carbons (Fsp3) is 0.0714. The Kier molecular flexibility index (Phi) is 3.74. The molecule has 1 aliphatic rings. The molecule has 19 heavy (non-hydrogen) atoms. The number of carbonyl (C=O) groups excluding carboxylic acids is 1. The topological polar surface area (TPSA) is 35.5 Å². The summed E-state index contributed by atoms with van der Waals surface area (Å²) < 4.78 is 13.0. The summed E-state index contributed by atoms with van der Waals surface area (Å²) in [7, 11) is 0. The Bertz CT molecular complexity index is 616. The second-order valence-corrected chi connectivity index (χ2v) is 11.7. The number of fused-ring (bicyclic) bond motifs is 1. The van der Waals surface area contributed by atoms with Crippen molar-refractivity contribution in [2.75, 3.05) is 6.79 Å². The summed E-state index contributed by atoms with van der Waals surface area (Å²) in [5.74, 6) is 1.37. The van der Waals surface area contributed by atoms with Crippen molar-refractivity contribution >= 4 is 36.6 Å². The van der Waals surface area contributed by atoms with Gasteiger partial charge in [-0.1, -0.05) is 0 Å². The van der Waals surface area contributed by atoms with Crippen LogP contribution in [-0.4, -0.2) is 13.1 Å². The maximum atomic E-state index is 11.3. The molecule has 1 heterocycles. The summed E-state index contributed by atoms with van der Waals surface area (Å²) in [6.07, 6.45) is 0.881. The number of halogens is 2. The molecule has 0 unspecified atom stereocenters. The van der Waals surface area contributed by atoms with Crippen LogP contribution in [0.3, 0.4) is 0 Å². The molecule has 0 aliphatic carbocycles. The van der Waals surface area contributed by atoms with E-state index in [2.05, 4.69) is 24.8 Å². The van der Waals surface area contributed by atoms with E-state index < -0.39 is 17.6 Å². The zero-order chi connectivity index (χ0) is 13.2. The zero-order valence-electron chi connectivity index (χ0n) is 9.81. The second-order valence-electron chi connectivity index (χ2n) is 3.88. The van der Waals surface area contributed by atoms with Crippen molar-refractivity contribution in [1.82, 2.24) is 0 Å². The summed E-state index contributed by atoms with van der Waals surface area (Å²) in [5, 5.41) is 0. The molecule has 1 aliphatic heterocycles. The average molecular weight is 433 g/mol. The number of benzene rings is 2. The fourth-order valence-electron chi connectivity index (χ4n) is 1.81. The average Bonchev–Trinajstić information content (AvgIpc) is 2.93. The molecular formula is C14H10BrIO3. The molecule has 98 valence electrons. The van der Waals surface area contributed by atoms with Crippen molar-refractivity contribution in [2.24, 2.45) is 0 Å². The molecule has 2 aromatic rings. The first kappa shape index (κ1) is 12.9. The molecule has 0 fully saturated rings. The molecular weight excluding hydrogens is 423 g/mol. The van der Waals surface area contributed by atoms with E-state index in [1.807, 2.05) is 24.3 Å². The van der Waals surface area contributed by atoms with Crippen molar-refractivity contribution < 1.29 is 14.3 Å². The normalized spacial score (nSPS) is 13.2. The van der Waals surface area contributed by atoms with Gasteiger partial charge in [-0.05, 0) is 0 Å². The Morgan fingerprint density at radius 1 is 1.11 bits per heavy atom. The van der Waals surface area contributed by atoms with E-state index in [9.17, 15) is 4.79 Å². The second kappa shape index (κ2) is 5.50. The van der Waals surface area contributed by atoms with E-state index in [0.29, 0.717) is 11.3 Å². The first-order chi connectivity index (χ1) is 9.29. The molecule has 0 bridgehead atoms. The van der Waals surface area contributed by atoms with E-state index in [0.717, 1.165) is 15.6 Å². The third-order valence-electron chi connectivity index (χ3n) is 2.72. The van der Waals surface area contributed by atoms with Crippen LogP contribution in [0.1, 0.15) is 10.4 Å². The van der Waals surface area contributed by atoms with Crippen LogP contribution in [0.25, 0.3) is 0 Å². The summed E-state index contributed by atoms with van der Waals surface area (Å²) in [6, 6.07) is 13.9. The molecule has 0 amide bonds. The van der Waals surface area contributed by atoms with Gasteiger partial charge in [0.1, 0.15) is 0 Å². The first-order valence-electron chi connectivity index (χ1n) is 5.60. The Balaban J connectivity index is 2.07. The Hall–Kier alpha value is -1.08. The molecule has 0 radical (unpaired) electrons. The molecule has 0 atom stereocenters. The van der Waals surface area contributed by atoms with Crippen LogP contribution in [0.2, 0.25) is 0 Å². The maximum absolute atomic E-state index is 11.3. The number of rotatable bonds is 3. The van der Waals surface area contributed by atoms with Crippen LogP contribution < -0.4 is 9.47 Å². The molecule has 0 N–H and O–H groups in total. The number of ether oxygens (including phenoxy) is 2. The van der Waals surface area contributed by atoms with E-state index in [-0.39, 0.29) is 6.79 Å². The quantitative estimate of drug-likeness (QED) is 0.541.